The van der Waals surface area contributed by atoms with Gasteiger partial charge >= 0.3 is 0 Å². The lowest BCUT2D eigenvalue weighted by molar-refractivity contribution is -0.126. The quantitative estimate of drug-likeness (QED) is 0.834. The van der Waals surface area contributed by atoms with Crippen molar-refractivity contribution >= 4 is 5.91 Å². The smallest absolute Gasteiger partial charge is 0.223 e. The van der Waals surface area contributed by atoms with Gasteiger partial charge in [-0.3, -0.25) is 4.79 Å². The predicted molar refractivity (Wildman–Crippen MR) is 83.6 cm³/mol. The van der Waals surface area contributed by atoms with Crippen molar-refractivity contribution in [2.45, 2.75) is 71.8 Å². The summed E-state index contributed by atoms with van der Waals surface area (Å²) in [6.07, 6.45) is 8.26. The molecule has 0 spiro atoms. The Hall–Kier alpha value is -0.570. The molecule has 1 aliphatic heterocycles. The number of nitrogens with one attached hydrogen (secondary N) is 2. The van der Waals surface area contributed by atoms with Crippen molar-refractivity contribution in [3.63, 3.8) is 0 Å². The van der Waals surface area contributed by atoms with Crippen molar-refractivity contribution in [1.82, 2.24) is 10.6 Å². The molecule has 116 valence electrons. The van der Waals surface area contributed by atoms with Gasteiger partial charge in [0.1, 0.15) is 0 Å². The summed E-state index contributed by atoms with van der Waals surface area (Å²) in [5.41, 5.74) is 0.440. The Balaban J connectivity index is 1.70. The highest BCUT2D eigenvalue weighted by Crippen LogP contribution is 2.34. The second-order valence-corrected chi connectivity index (χ2v) is 8.02. The van der Waals surface area contributed by atoms with E-state index in [1.165, 1.54) is 32.1 Å². The molecule has 1 saturated carbocycles. The van der Waals surface area contributed by atoms with Crippen molar-refractivity contribution in [3.8, 4) is 0 Å². The molecule has 2 fully saturated rings. The molecular weight excluding hydrogens is 248 g/mol. The lowest BCUT2D eigenvalue weighted by Crippen LogP contribution is -2.44. The Morgan fingerprint density at radius 1 is 1.05 bits per heavy atom. The summed E-state index contributed by atoms with van der Waals surface area (Å²) in [5.74, 6) is 1.43. The molecule has 0 unspecified atom stereocenters. The van der Waals surface area contributed by atoms with Crippen molar-refractivity contribution in [3.05, 3.63) is 0 Å². The summed E-state index contributed by atoms with van der Waals surface area (Å²) in [5, 5.41) is 6.63. The first-order valence-electron chi connectivity index (χ1n) is 8.45. The molecule has 1 amide bonds. The van der Waals surface area contributed by atoms with E-state index < -0.39 is 0 Å². The Labute approximate surface area is 124 Å². The number of carbonyl (C=O) groups excluding carboxylic acids is 1. The minimum atomic E-state index is 0.253. The fourth-order valence-corrected chi connectivity index (χ4v) is 3.78. The van der Waals surface area contributed by atoms with Gasteiger partial charge in [0.25, 0.3) is 0 Å². The van der Waals surface area contributed by atoms with Crippen LogP contribution in [0.15, 0.2) is 0 Å². The normalized spacial score (nSPS) is 29.1. The van der Waals surface area contributed by atoms with Crippen LogP contribution in [-0.2, 0) is 4.79 Å². The monoisotopic (exact) mass is 280 g/mol. The zero-order valence-electron chi connectivity index (χ0n) is 13.5. The van der Waals surface area contributed by atoms with Crippen molar-refractivity contribution in [2.24, 2.45) is 17.3 Å². The molecule has 0 aromatic heterocycles. The van der Waals surface area contributed by atoms with Gasteiger partial charge in [0.05, 0.1) is 0 Å². The zero-order chi connectivity index (χ0) is 14.6. The zero-order valence-corrected chi connectivity index (χ0v) is 13.5. The molecule has 0 radical (unpaired) electrons. The summed E-state index contributed by atoms with van der Waals surface area (Å²) in [7, 11) is 0. The van der Waals surface area contributed by atoms with Crippen LogP contribution in [0, 0.1) is 17.3 Å². The van der Waals surface area contributed by atoms with E-state index in [2.05, 4.69) is 31.4 Å². The van der Waals surface area contributed by atoms with Crippen LogP contribution in [0.5, 0.6) is 0 Å². The van der Waals surface area contributed by atoms with Gasteiger partial charge in [-0.1, -0.05) is 20.8 Å². The topological polar surface area (TPSA) is 41.1 Å². The maximum absolute atomic E-state index is 12.2. The van der Waals surface area contributed by atoms with Gasteiger partial charge in [-0.2, -0.15) is 0 Å². The highest BCUT2D eigenvalue weighted by molar-refractivity contribution is 5.79. The summed E-state index contributed by atoms with van der Waals surface area (Å²) >= 11 is 0. The molecule has 0 aromatic rings. The number of hydrogen-bond donors (Lipinski definition) is 2. The van der Waals surface area contributed by atoms with E-state index in [9.17, 15) is 4.79 Å². The number of hydrogen-bond acceptors (Lipinski definition) is 2. The van der Waals surface area contributed by atoms with Crippen molar-refractivity contribution < 1.29 is 4.79 Å². The average molecular weight is 280 g/mol. The van der Waals surface area contributed by atoms with Gasteiger partial charge in [-0.25, -0.2) is 0 Å². The van der Waals surface area contributed by atoms with Crippen LogP contribution < -0.4 is 10.6 Å². The van der Waals surface area contributed by atoms with E-state index in [1.54, 1.807) is 0 Å². The second kappa shape index (κ2) is 6.93. The molecule has 1 aliphatic carbocycles. The number of amides is 1. The minimum Gasteiger partial charge on any atom is -0.353 e. The molecule has 1 saturated heterocycles. The molecular formula is C17H32N2O. The molecule has 2 rings (SSSR count). The van der Waals surface area contributed by atoms with Gasteiger partial charge in [0.15, 0.2) is 0 Å². The van der Waals surface area contributed by atoms with Gasteiger partial charge in [-0.15, -0.1) is 0 Å². The maximum atomic E-state index is 12.2. The van der Waals surface area contributed by atoms with E-state index in [0.717, 1.165) is 31.8 Å². The Bertz CT molecular complexity index is 307. The first-order chi connectivity index (χ1) is 9.44. The first-order valence-corrected chi connectivity index (χ1v) is 8.45. The molecule has 0 bridgehead atoms. The third-order valence-electron chi connectivity index (χ3n) is 4.80. The number of piperidine rings is 1. The summed E-state index contributed by atoms with van der Waals surface area (Å²) < 4.78 is 0. The van der Waals surface area contributed by atoms with E-state index in [0.29, 0.717) is 17.4 Å². The van der Waals surface area contributed by atoms with Crippen LogP contribution in [0.1, 0.15) is 65.7 Å². The minimum absolute atomic E-state index is 0.253. The molecule has 0 atom stereocenters. The third-order valence-corrected chi connectivity index (χ3v) is 4.80. The Morgan fingerprint density at radius 2 is 1.65 bits per heavy atom. The lowest BCUT2D eigenvalue weighted by Gasteiger charge is -2.34. The highest BCUT2D eigenvalue weighted by atomic mass is 16.1. The van der Waals surface area contributed by atoms with E-state index in [4.69, 9.17) is 0 Å². The molecule has 0 aromatic carbocycles. The highest BCUT2D eigenvalue weighted by Gasteiger charge is 2.28. The van der Waals surface area contributed by atoms with Crippen LogP contribution >= 0.6 is 0 Å². The van der Waals surface area contributed by atoms with E-state index in [1.807, 2.05) is 0 Å². The van der Waals surface area contributed by atoms with Gasteiger partial charge in [0.2, 0.25) is 5.91 Å². The summed E-state index contributed by atoms with van der Waals surface area (Å²) in [4.78, 5) is 12.2. The summed E-state index contributed by atoms with van der Waals surface area (Å²) in [6.45, 7) is 8.99. The number of carbonyl (C=O) groups is 1. The Morgan fingerprint density at radius 3 is 2.20 bits per heavy atom. The number of rotatable bonds is 3. The van der Waals surface area contributed by atoms with Gasteiger partial charge in [0, 0.05) is 12.0 Å². The van der Waals surface area contributed by atoms with Crippen LogP contribution in [0.2, 0.25) is 0 Å². The third kappa shape index (κ3) is 5.08. The fraction of sp³-hybridized carbons (Fsp3) is 0.941. The van der Waals surface area contributed by atoms with Crippen molar-refractivity contribution in [2.75, 3.05) is 13.1 Å². The van der Waals surface area contributed by atoms with Gasteiger partial charge in [-0.05, 0) is 69.4 Å². The van der Waals surface area contributed by atoms with Crippen LogP contribution in [0.3, 0.4) is 0 Å². The fourth-order valence-electron chi connectivity index (χ4n) is 3.78. The van der Waals surface area contributed by atoms with Crippen molar-refractivity contribution in [1.29, 1.82) is 0 Å². The SMILES string of the molecule is CC(C)(C)C[C@H]1CC[C@H](NC(=O)C2CCNCC2)CC1. The van der Waals surface area contributed by atoms with Crippen LogP contribution in [0.25, 0.3) is 0 Å². The molecule has 2 N–H and O–H groups in total. The predicted octanol–water partition coefficient (Wildman–Crippen LogP) is 3.10. The maximum Gasteiger partial charge on any atom is 0.223 e. The Kier molecular flexibility index (Phi) is 5.48. The van der Waals surface area contributed by atoms with Gasteiger partial charge < -0.3 is 10.6 Å². The molecule has 20 heavy (non-hydrogen) atoms. The van der Waals surface area contributed by atoms with E-state index >= 15 is 0 Å². The molecule has 1 heterocycles. The standard InChI is InChI=1S/C17H32N2O/c1-17(2,3)12-13-4-6-15(7-5-13)19-16(20)14-8-10-18-11-9-14/h13-15,18H,4-12H2,1-3H3,(H,19,20)/t13-,15-. The van der Waals surface area contributed by atoms with E-state index in [-0.39, 0.29) is 5.92 Å². The molecule has 3 nitrogen and oxygen atoms in total. The first kappa shape index (κ1) is 15.8. The largest absolute Gasteiger partial charge is 0.353 e. The summed E-state index contributed by atoms with van der Waals surface area (Å²) in [6, 6.07) is 0.439. The lowest BCUT2D eigenvalue weighted by atomic mass is 9.76. The molecule has 3 heteroatoms. The second-order valence-electron chi connectivity index (χ2n) is 8.02. The van der Waals surface area contributed by atoms with Crippen LogP contribution in [0.4, 0.5) is 0 Å². The molecule has 2 aliphatic rings. The average Bonchev–Trinajstić information content (AvgIpc) is 2.40. The van der Waals surface area contributed by atoms with Crippen LogP contribution in [-0.4, -0.2) is 25.0 Å².